The molecule has 0 heterocycles. The molecule has 1 nitrogen and oxygen atoms in total. The van der Waals surface area contributed by atoms with Gasteiger partial charge in [-0.15, -0.1) is 0 Å². The Labute approximate surface area is 89.7 Å². The van der Waals surface area contributed by atoms with Gasteiger partial charge in [-0.25, -0.2) is 0 Å². The van der Waals surface area contributed by atoms with Crippen LogP contribution in [0.15, 0.2) is 0 Å². The van der Waals surface area contributed by atoms with Gasteiger partial charge in [0.2, 0.25) is 0 Å². The van der Waals surface area contributed by atoms with E-state index in [4.69, 9.17) is 0 Å². The van der Waals surface area contributed by atoms with Crippen LogP contribution in [-0.4, -0.2) is 12.6 Å². The second-order valence-electron chi connectivity index (χ2n) is 4.83. The number of hydrogen-bond donors (Lipinski definition) is 1. The van der Waals surface area contributed by atoms with E-state index in [1.807, 2.05) is 0 Å². The predicted octanol–water partition coefficient (Wildman–Crippen LogP) is 3.74. The van der Waals surface area contributed by atoms with E-state index in [-0.39, 0.29) is 0 Å². The molecule has 1 atom stereocenters. The maximum absolute atomic E-state index is 3.76. The van der Waals surface area contributed by atoms with Crippen molar-refractivity contribution in [2.75, 3.05) is 6.54 Å². The molecule has 0 spiro atoms. The molecule has 1 aliphatic rings. The molecule has 1 saturated carbocycles. The molecule has 1 fully saturated rings. The molecule has 0 amide bonds. The van der Waals surface area contributed by atoms with Crippen LogP contribution in [-0.2, 0) is 0 Å². The first-order valence-corrected chi connectivity index (χ1v) is 6.60. The third kappa shape index (κ3) is 4.45. The van der Waals surface area contributed by atoms with Gasteiger partial charge in [0, 0.05) is 6.04 Å². The third-order valence-corrected chi connectivity index (χ3v) is 3.46. The summed E-state index contributed by atoms with van der Waals surface area (Å²) in [5.41, 5.74) is 0. The molecule has 1 rings (SSSR count). The van der Waals surface area contributed by atoms with Crippen LogP contribution in [0.1, 0.15) is 65.2 Å². The van der Waals surface area contributed by atoms with Gasteiger partial charge in [-0.05, 0) is 38.1 Å². The number of nitrogens with one attached hydrogen (secondary N) is 1. The summed E-state index contributed by atoms with van der Waals surface area (Å²) in [6.07, 6.45) is 11.2. The summed E-state index contributed by atoms with van der Waals surface area (Å²) in [7, 11) is 0. The zero-order chi connectivity index (χ0) is 10.2. The Kier molecular flexibility index (Phi) is 6.25. The Balaban J connectivity index is 2.06. The fourth-order valence-electron chi connectivity index (χ4n) is 2.18. The maximum Gasteiger partial charge on any atom is 0.00670 e. The average molecular weight is 197 g/mol. The Morgan fingerprint density at radius 1 is 1.14 bits per heavy atom. The van der Waals surface area contributed by atoms with Crippen LogP contribution in [0.25, 0.3) is 0 Å². The molecule has 0 aliphatic heterocycles. The standard InChI is InChI=1S/C13H27N/c1-3-5-10-13(7-4-2)14-11-12-8-6-9-12/h12-14H,3-11H2,1-2H3. The smallest absolute Gasteiger partial charge is 0.00670 e. The van der Waals surface area contributed by atoms with E-state index in [1.54, 1.807) is 0 Å². The summed E-state index contributed by atoms with van der Waals surface area (Å²) in [5, 5.41) is 3.76. The minimum absolute atomic E-state index is 0.806. The maximum atomic E-state index is 3.76. The van der Waals surface area contributed by atoms with Crippen molar-refractivity contribution in [3.05, 3.63) is 0 Å². The topological polar surface area (TPSA) is 12.0 Å². The van der Waals surface area contributed by atoms with Gasteiger partial charge in [0.05, 0.1) is 0 Å². The highest BCUT2D eigenvalue weighted by molar-refractivity contribution is 4.75. The number of unbranched alkanes of at least 4 members (excludes halogenated alkanes) is 1. The SMILES string of the molecule is CCCCC(CCC)NCC1CCC1. The fraction of sp³-hybridized carbons (Fsp3) is 1.00. The Hall–Kier alpha value is -0.0400. The van der Waals surface area contributed by atoms with Gasteiger partial charge in [0.1, 0.15) is 0 Å². The molecule has 0 saturated heterocycles. The van der Waals surface area contributed by atoms with Crippen molar-refractivity contribution >= 4 is 0 Å². The van der Waals surface area contributed by atoms with Crippen LogP contribution >= 0.6 is 0 Å². The minimum atomic E-state index is 0.806. The zero-order valence-electron chi connectivity index (χ0n) is 10.0. The van der Waals surface area contributed by atoms with Crippen molar-refractivity contribution in [1.29, 1.82) is 0 Å². The van der Waals surface area contributed by atoms with Crippen LogP contribution < -0.4 is 5.32 Å². The number of rotatable bonds is 8. The molecule has 1 N–H and O–H groups in total. The molecule has 0 bridgehead atoms. The van der Waals surface area contributed by atoms with E-state index in [2.05, 4.69) is 19.2 Å². The summed E-state index contributed by atoms with van der Waals surface area (Å²) in [6.45, 7) is 5.87. The second kappa shape index (κ2) is 7.28. The van der Waals surface area contributed by atoms with Crippen molar-refractivity contribution in [3.8, 4) is 0 Å². The van der Waals surface area contributed by atoms with E-state index in [1.165, 1.54) is 57.9 Å². The minimum Gasteiger partial charge on any atom is -0.314 e. The first-order valence-electron chi connectivity index (χ1n) is 6.60. The van der Waals surface area contributed by atoms with Crippen molar-refractivity contribution in [2.45, 2.75) is 71.3 Å². The summed E-state index contributed by atoms with van der Waals surface area (Å²) < 4.78 is 0. The highest BCUT2D eigenvalue weighted by atomic mass is 14.9. The first kappa shape index (κ1) is 12.0. The first-order chi connectivity index (χ1) is 6.86. The lowest BCUT2D eigenvalue weighted by molar-refractivity contribution is 0.280. The van der Waals surface area contributed by atoms with Crippen LogP contribution in [0.2, 0.25) is 0 Å². The normalized spacial score (nSPS) is 19.3. The molecule has 1 aliphatic carbocycles. The molecule has 1 unspecified atom stereocenters. The highest BCUT2D eigenvalue weighted by Gasteiger charge is 2.18. The van der Waals surface area contributed by atoms with Crippen molar-refractivity contribution in [1.82, 2.24) is 5.32 Å². The molecule has 0 radical (unpaired) electrons. The Bertz CT molecular complexity index is 129. The fourth-order valence-corrected chi connectivity index (χ4v) is 2.18. The molecular weight excluding hydrogens is 170 g/mol. The average Bonchev–Trinajstić information content (AvgIpc) is 2.11. The lowest BCUT2D eigenvalue weighted by Crippen LogP contribution is -2.35. The van der Waals surface area contributed by atoms with Gasteiger partial charge in [-0.3, -0.25) is 0 Å². The third-order valence-electron chi connectivity index (χ3n) is 3.46. The van der Waals surface area contributed by atoms with E-state index in [0.29, 0.717) is 0 Å². The van der Waals surface area contributed by atoms with Crippen molar-refractivity contribution in [3.63, 3.8) is 0 Å². The monoisotopic (exact) mass is 197 g/mol. The van der Waals surface area contributed by atoms with Crippen LogP contribution in [0.3, 0.4) is 0 Å². The van der Waals surface area contributed by atoms with Crippen molar-refractivity contribution in [2.24, 2.45) is 5.92 Å². The predicted molar refractivity (Wildman–Crippen MR) is 63.6 cm³/mol. The van der Waals surface area contributed by atoms with E-state index >= 15 is 0 Å². The van der Waals surface area contributed by atoms with Crippen molar-refractivity contribution < 1.29 is 0 Å². The summed E-state index contributed by atoms with van der Waals surface area (Å²) in [5.74, 6) is 1.01. The highest BCUT2D eigenvalue weighted by Crippen LogP contribution is 2.25. The summed E-state index contributed by atoms with van der Waals surface area (Å²) >= 11 is 0. The van der Waals surface area contributed by atoms with Gasteiger partial charge >= 0.3 is 0 Å². The molecule has 1 heteroatoms. The molecule has 0 aromatic heterocycles. The molecular formula is C13H27N. The quantitative estimate of drug-likeness (QED) is 0.625. The second-order valence-corrected chi connectivity index (χ2v) is 4.83. The van der Waals surface area contributed by atoms with Crippen LogP contribution in [0.5, 0.6) is 0 Å². The largest absolute Gasteiger partial charge is 0.314 e. The zero-order valence-corrected chi connectivity index (χ0v) is 10.0. The van der Waals surface area contributed by atoms with E-state index in [0.717, 1.165) is 12.0 Å². The molecule has 84 valence electrons. The van der Waals surface area contributed by atoms with Crippen LogP contribution in [0.4, 0.5) is 0 Å². The van der Waals surface area contributed by atoms with Crippen LogP contribution in [0, 0.1) is 5.92 Å². The Morgan fingerprint density at radius 2 is 1.93 bits per heavy atom. The lowest BCUT2D eigenvalue weighted by atomic mass is 9.85. The van der Waals surface area contributed by atoms with Gasteiger partial charge in [-0.2, -0.15) is 0 Å². The molecule has 0 aromatic rings. The summed E-state index contributed by atoms with van der Waals surface area (Å²) in [4.78, 5) is 0. The molecule has 14 heavy (non-hydrogen) atoms. The Morgan fingerprint density at radius 3 is 2.43 bits per heavy atom. The van der Waals surface area contributed by atoms with Gasteiger partial charge in [0.25, 0.3) is 0 Å². The van der Waals surface area contributed by atoms with Gasteiger partial charge in [-0.1, -0.05) is 39.5 Å². The van der Waals surface area contributed by atoms with E-state index in [9.17, 15) is 0 Å². The number of hydrogen-bond acceptors (Lipinski definition) is 1. The van der Waals surface area contributed by atoms with Gasteiger partial charge < -0.3 is 5.32 Å². The van der Waals surface area contributed by atoms with Gasteiger partial charge in [0.15, 0.2) is 0 Å². The summed E-state index contributed by atoms with van der Waals surface area (Å²) in [6, 6.07) is 0.806. The lowest BCUT2D eigenvalue weighted by Gasteiger charge is -2.28. The van der Waals surface area contributed by atoms with E-state index < -0.39 is 0 Å². The molecule has 0 aromatic carbocycles.